The molecule has 4 rings (SSSR count). The molecule has 2 amide bonds. The van der Waals surface area contributed by atoms with E-state index >= 15 is 0 Å². The maximum atomic E-state index is 12.5. The lowest BCUT2D eigenvalue weighted by Gasteiger charge is -2.14. The van der Waals surface area contributed by atoms with Crippen LogP contribution in [-0.2, 0) is 16.1 Å². The van der Waals surface area contributed by atoms with Gasteiger partial charge in [0.15, 0.2) is 0 Å². The third-order valence-corrected chi connectivity index (χ3v) is 5.72. The highest BCUT2D eigenvalue weighted by atomic mass is 16.5. The number of aliphatic carboxylic acids is 1. The number of carboxylic acid groups (broad SMARTS) is 1. The van der Waals surface area contributed by atoms with Crippen LogP contribution in [0.2, 0.25) is 0 Å². The zero-order valence-electron chi connectivity index (χ0n) is 18.9. The van der Waals surface area contributed by atoms with Crippen LogP contribution in [0.15, 0.2) is 59.3 Å². The van der Waals surface area contributed by atoms with Crippen LogP contribution in [0, 0.1) is 11.8 Å². The minimum Gasteiger partial charge on any atom is -0.480 e. The van der Waals surface area contributed by atoms with Gasteiger partial charge in [-0.3, -0.25) is 4.79 Å². The van der Waals surface area contributed by atoms with Gasteiger partial charge in [0.1, 0.15) is 30.2 Å². The summed E-state index contributed by atoms with van der Waals surface area (Å²) in [6.45, 7) is 1.58. The molecule has 9 heteroatoms. The zero-order chi connectivity index (χ0) is 24.8. The van der Waals surface area contributed by atoms with Gasteiger partial charge >= 0.3 is 12.1 Å². The van der Waals surface area contributed by atoms with Crippen molar-refractivity contribution < 1.29 is 28.8 Å². The third kappa shape index (κ3) is 5.17. The summed E-state index contributed by atoms with van der Waals surface area (Å²) >= 11 is 0. The molecule has 178 valence electrons. The summed E-state index contributed by atoms with van der Waals surface area (Å²) in [4.78, 5) is 36.3. The lowest BCUT2D eigenvalue weighted by molar-refractivity contribution is -0.139. The van der Waals surface area contributed by atoms with Gasteiger partial charge in [0.05, 0.1) is 6.54 Å². The van der Waals surface area contributed by atoms with Gasteiger partial charge in [-0.1, -0.05) is 53.7 Å². The van der Waals surface area contributed by atoms with E-state index < -0.39 is 24.0 Å². The van der Waals surface area contributed by atoms with Gasteiger partial charge < -0.3 is 25.0 Å². The fraction of sp³-hybridized carbons (Fsp3) is 0.231. The number of carbonyl (C=O) groups excluding carboxylic acids is 2. The van der Waals surface area contributed by atoms with Crippen molar-refractivity contribution in [1.29, 1.82) is 0 Å². The predicted molar refractivity (Wildman–Crippen MR) is 125 cm³/mol. The number of rotatable bonds is 8. The van der Waals surface area contributed by atoms with Crippen molar-refractivity contribution in [2.24, 2.45) is 0 Å². The van der Waals surface area contributed by atoms with Crippen LogP contribution in [-0.4, -0.2) is 40.9 Å². The lowest BCUT2D eigenvalue weighted by Crippen LogP contribution is -2.41. The summed E-state index contributed by atoms with van der Waals surface area (Å²) in [7, 11) is 0. The molecule has 3 aromatic rings. The quantitative estimate of drug-likeness (QED) is 0.428. The number of hydrogen-bond acceptors (Lipinski definition) is 6. The molecule has 1 aromatic heterocycles. The van der Waals surface area contributed by atoms with Gasteiger partial charge in [-0.15, -0.1) is 11.8 Å². The Hall–Kier alpha value is -4.58. The molecule has 0 saturated heterocycles. The Morgan fingerprint density at radius 1 is 1.11 bits per heavy atom. The highest BCUT2D eigenvalue weighted by Gasteiger charge is 2.29. The van der Waals surface area contributed by atoms with Gasteiger partial charge in [-0.25, -0.2) is 9.59 Å². The third-order valence-electron chi connectivity index (χ3n) is 5.72. The number of benzene rings is 2. The van der Waals surface area contributed by atoms with E-state index in [0.717, 1.165) is 28.5 Å². The average molecular weight is 473 g/mol. The summed E-state index contributed by atoms with van der Waals surface area (Å²) in [5, 5.41) is 17.9. The number of carbonyl (C=O) groups is 3. The summed E-state index contributed by atoms with van der Waals surface area (Å²) in [6, 6.07) is 14.8. The number of ether oxygens (including phenoxy) is 1. The molecule has 0 saturated carbocycles. The van der Waals surface area contributed by atoms with E-state index in [-0.39, 0.29) is 36.7 Å². The normalized spacial score (nSPS) is 12.5. The van der Waals surface area contributed by atoms with Crippen LogP contribution in [0.1, 0.15) is 46.4 Å². The molecule has 0 spiro atoms. The molecule has 0 bridgehead atoms. The fourth-order valence-corrected chi connectivity index (χ4v) is 4.02. The second kappa shape index (κ2) is 10.6. The molecule has 1 atom stereocenters. The van der Waals surface area contributed by atoms with E-state index in [0.29, 0.717) is 0 Å². The molecule has 9 nitrogen and oxygen atoms in total. The molecule has 0 fully saturated rings. The fourth-order valence-electron chi connectivity index (χ4n) is 4.02. The van der Waals surface area contributed by atoms with Crippen molar-refractivity contribution in [2.45, 2.75) is 31.8 Å². The van der Waals surface area contributed by atoms with Gasteiger partial charge in [-0.2, -0.15) is 0 Å². The van der Waals surface area contributed by atoms with Crippen LogP contribution in [0.3, 0.4) is 0 Å². The Balaban J connectivity index is 1.35. The lowest BCUT2D eigenvalue weighted by atomic mass is 9.98. The average Bonchev–Trinajstić information content (AvgIpc) is 3.46. The SMILES string of the molecule is CC#CCC(NC(=O)c1conc1CNC(=O)OCC1c2ccccc2-c2ccccc21)C(=O)O. The Morgan fingerprint density at radius 2 is 1.77 bits per heavy atom. The maximum absolute atomic E-state index is 12.5. The first-order chi connectivity index (χ1) is 17.0. The van der Waals surface area contributed by atoms with Gasteiger partial charge in [0.2, 0.25) is 0 Å². The van der Waals surface area contributed by atoms with Crippen LogP contribution in [0.5, 0.6) is 0 Å². The van der Waals surface area contributed by atoms with Crippen LogP contribution < -0.4 is 10.6 Å². The van der Waals surface area contributed by atoms with Crippen molar-refractivity contribution in [3.63, 3.8) is 0 Å². The largest absolute Gasteiger partial charge is 0.480 e. The van der Waals surface area contributed by atoms with Crippen LogP contribution >= 0.6 is 0 Å². The number of fused-ring (bicyclic) bond motifs is 3. The van der Waals surface area contributed by atoms with Gasteiger partial charge in [0, 0.05) is 12.3 Å². The van der Waals surface area contributed by atoms with Crippen molar-refractivity contribution in [3.8, 4) is 23.0 Å². The number of carboxylic acids is 1. The Bertz CT molecular complexity index is 1270. The van der Waals surface area contributed by atoms with E-state index in [2.05, 4.69) is 39.8 Å². The molecule has 0 radical (unpaired) electrons. The second-order valence-electron chi connectivity index (χ2n) is 7.85. The molecule has 35 heavy (non-hydrogen) atoms. The van der Waals surface area contributed by atoms with E-state index in [4.69, 9.17) is 9.26 Å². The molecule has 1 heterocycles. The minimum absolute atomic E-state index is 0.0136. The molecule has 1 unspecified atom stereocenters. The highest BCUT2D eigenvalue weighted by Crippen LogP contribution is 2.44. The van der Waals surface area contributed by atoms with Crippen molar-refractivity contribution in [1.82, 2.24) is 15.8 Å². The van der Waals surface area contributed by atoms with E-state index in [1.165, 1.54) is 0 Å². The number of alkyl carbamates (subject to hydrolysis) is 1. The summed E-state index contributed by atoms with van der Waals surface area (Å²) in [5.41, 5.74) is 4.59. The predicted octanol–water partition coefficient (Wildman–Crippen LogP) is 3.31. The van der Waals surface area contributed by atoms with Crippen molar-refractivity contribution in [2.75, 3.05) is 6.61 Å². The summed E-state index contributed by atoms with van der Waals surface area (Å²) in [5.74, 6) is 3.23. The molecule has 1 aliphatic carbocycles. The van der Waals surface area contributed by atoms with Crippen LogP contribution in [0.25, 0.3) is 11.1 Å². The van der Waals surface area contributed by atoms with Crippen LogP contribution in [0.4, 0.5) is 4.79 Å². The highest BCUT2D eigenvalue weighted by molar-refractivity contribution is 5.97. The number of nitrogens with zero attached hydrogens (tertiary/aromatic N) is 1. The first-order valence-corrected chi connectivity index (χ1v) is 10.9. The zero-order valence-corrected chi connectivity index (χ0v) is 18.9. The van der Waals surface area contributed by atoms with Gasteiger partial charge in [0.25, 0.3) is 5.91 Å². The maximum Gasteiger partial charge on any atom is 0.407 e. The van der Waals surface area contributed by atoms with E-state index in [9.17, 15) is 19.5 Å². The van der Waals surface area contributed by atoms with E-state index in [1.807, 2.05) is 36.4 Å². The number of nitrogens with one attached hydrogen (secondary N) is 2. The monoisotopic (exact) mass is 473 g/mol. The summed E-state index contributed by atoms with van der Waals surface area (Å²) < 4.78 is 10.3. The standard InChI is InChI=1S/C26H23N3O6/c1-2-3-12-22(25(31)32)28-24(30)21-15-35-29-23(21)13-27-26(33)34-14-20-18-10-6-4-8-16(18)17-9-5-7-11-19(17)20/h4-11,15,20,22H,12-14H2,1H3,(H,27,33)(H,28,30)(H,31,32). The molecule has 0 aliphatic heterocycles. The molecule has 3 N–H and O–H groups in total. The Morgan fingerprint density at radius 3 is 2.40 bits per heavy atom. The van der Waals surface area contributed by atoms with E-state index in [1.54, 1.807) is 6.92 Å². The molecular weight excluding hydrogens is 450 g/mol. The second-order valence-corrected chi connectivity index (χ2v) is 7.85. The van der Waals surface area contributed by atoms with Crippen molar-refractivity contribution >= 4 is 18.0 Å². The Kier molecular flexibility index (Phi) is 7.12. The summed E-state index contributed by atoms with van der Waals surface area (Å²) in [6.07, 6.45) is 0.368. The molecular formula is C26H23N3O6. The molecule has 1 aliphatic rings. The molecule has 2 aromatic carbocycles. The number of hydrogen-bond donors (Lipinski definition) is 3. The smallest absolute Gasteiger partial charge is 0.407 e. The minimum atomic E-state index is -1.21. The topological polar surface area (TPSA) is 131 Å². The number of aromatic nitrogens is 1. The van der Waals surface area contributed by atoms with Gasteiger partial charge in [-0.05, 0) is 29.2 Å². The first kappa shape index (κ1) is 23.6. The first-order valence-electron chi connectivity index (χ1n) is 10.9. The number of amides is 2. The Labute approximate surface area is 201 Å². The van der Waals surface area contributed by atoms with Crippen molar-refractivity contribution in [3.05, 3.63) is 77.2 Å².